The van der Waals surface area contributed by atoms with Gasteiger partial charge in [-0.05, 0) is 49.5 Å². The molecule has 0 spiro atoms. The molecule has 1 aliphatic rings. The minimum Gasteiger partial charge on any atom is -0.307 e. The Kier molecular flexibility index (Phi) is 4.67. The van der Waals surface area contributed by atoms with Crippen molar-refractivity contribution in [3.05, 3.63) is 35.9 Å². The Morgan fingerprint density at radius 1 is 1.00 bits per heavy atom. The molecule has 1 aliphatic carbocycles. The standard InChI is InChI=1S/C18H29N/c1-14(15-8-6-5-7-9-15)19-17-12-10-16(11-13-17)18(2,3)4/h5-9,14,16-17,19H,10-13H2,1-4H3. The van der Waals surface area contributed by atoms with Crippen LogP contribution in [0.5, 0.6) is 0 Å². The highest BCUT2D eigenvalue weighted by atomic mass is 14.9. The van der Waals surface area contributed by atoms with E-state index in [4.69, 9.17) is 0 Å². The van der Waals surface area contributed by atoms with Gasteiger partial charge in [0, 0.05) is 12.1 Å². The Labute approximate surface area is 118 Å². The molecule has 0 radical (unpaired) electrons. The summed E-state index contributed by atoms with van der Waals surface area (Å²) in [6, 6.07) is 12.0. The maximum Gasteiger partial charge on any atom is 0.0294 e. The summed E-state index contributed by atoms with van der Waals surface area (Å²) in [5, 5.41) is 3.81. The quantitative estimate of drug-likeness (QED) is 0.810. The van der Waals surface area contributed by atoms with Gasteiger partial charge >= 0.3 is 0 Å². The van der Waals surface area contributed by atoms with E-state index in [0.717, 1.165) is 5.92 Å². The smallest absolute Gasteiger partial charge is 0.0294 e. The maximum atomic E-state index is 3.81. The normalized spacial score (nSPS) is 26.1. The molecule has 1 heteroatoms. The third-order valence-electron chi connectivity index (χ3n) is 4.74. The van der Waals surface area contributed by atoms with Crippen molar-refractivity contribution < 1.29 is 0 Å². The highest BCUT2D eigenvalue weighted by Gasteiger charge is 2.29. The fourth-order valence-corrected chi connectivity index (χ4v) is 3.32. The Bertz CT molecular complexity index is 368. The lowest BCUT2D eigenvalue weighted by Gasteiger charge is -2.38. The molecule has 0 amide bonds. The Morgan fingerprint density at radius 2 is 1.58 bits per heavy atom. The summed E-state index contributed by atoms with van der Waals surface area (Å²) >= 11 is 0. The summed E-state index contributed by atoms with van der Waals surface area (Å²) in [6.07, 6.45) is 5.42. The third-order valence-corrected chi connectivity index (χ3v) is 4.74. The lowest BCUT2D eigenvalue weighted by atomic mass is 9.71. The second kappa shape index (κ2) is 6.09. The van der Waals surface area contributed by atoms with Crippen LogP contribution >= 0.6 is 0 Å². The van der Waals surface area contributed by atoms with Crippen molar-refractivity contribution in [3.8, 4) is 0 Å². The molecule has 106 valence electrons. The number of hydrogen-bond donors (Lipinski definition) is 1. The summed E-state index contributed by atoms with van der Waals surface area (Å²) in [5.41, 5.74) is 1.89. The van der Waals surface area contributed by atoms with Crippen molar-refractivity contribution in [2.75, 3.05) is 0 Å². The van der Waals surface area contributed by atoms with E-state index in [1.807, 2.05) is 0 Å². The first-order chi connectivity index (χ1) is 8.97. The lowest BCUT2D eigenvalue weighted by molar-refractivity contribution is 0.157. The first kappa shape index (κ1) is 14.6. The predicted octanol–water partition coefficient (Wildman–Crippen LogP) is 4.94. The van der Waals surface area contributed by atoms with E-state index >= 15 is 0 Å². The fraction of sp³-hybridized carbons (Fsp3) is 0.667. The van der Waals surface area contributed by atoms with Gasteiger partial charge in [-0.25, -0.2) is 0 Å². The van der Waals surface area contributed by atoms with Crippen molar-refractivity contribution >= 4 is 0 Å². The number of rotatable bonds is 3. The van der Waals surface area contributed by atoms with Gasteiger partial charge in [-0.1, -0.05) is 51.1 Å². The molecule has 1 fully saturated rings. The van der Waals surface area contributed by atoms with E-state index in [1.165, 1.54) is 31.2 Å². The molecule has 1 saturated carbocycles. The van der Waals surface area contributed by atoms with Gasteiger partial charge in [0.25, 0.3) is 0 Å². The molecule has 0 aromatic heterocycles. The Hall–Kier alpha value is -0.820. The van der Waals surface area contributed by atoms with Gasteiger partial charge < -0.3 is 5.32 Å². The molecule has 1 N–H and O–H groups in total. The highest BCUT2D eigenvalue weighted by molar-refractivity contribution is 5.18. The van der Waals surface area contributed by atoms with E-state index < -0.39 is 0 Å². The molecule has 0 aliphatic heterocycles. The summed E-state index contributed by atoms with van der Waals surface area (Å²) < 4.78 is 0. The van der Waals surface area contributed by atoms with Crippen LogP contribution < -0.4 is 5.32 Å². The molecular weight excluding hydrogens is 230 g/mol. The van der Waals surface area contributed by atoms with Crippen LogP contribution in [0.3, 0.4) is 0 Å². The van der Waals surface area contributed by atoms with Gasteiger partial charge in [-0.15, -0.1) is 0 Å². The van der Waals surface area contributed by atoms with E-state index in [1.54, 1.807) is 0 Å². The second-order valence-corrected chi connectivity index (χ2v) is 7.21. The van der Waals surface area contributed by atoms with Crippen molar-refractivity contribution in [1.82, 2.24) is 5.32 Å². The summed E-state index contributed by atoms with van der Waals surface area (Å²) in [5.74, 6) is 0.901. The first-order valence-corrected chi connectivity index (χ1v) is 7.78. The molecule has 0 saturated heterocycles. The van der Waals surface area contributed by atoms with Crippen molar-refractivity contribution in [2.45, 2.75) is 65.5 Å². The number of nitrogens with one attached hydrogen (secondary N) is 1. The minimum atomic E-state index is 0.470. The van der Waals surface area contributed by atoms with Gasteiger partial charge in [0.1, 0.15) is 0 Å². The van der Waals surface area contributed by atoms with E-state index in [0.29, 0.717) is 17.5 Å². The van der Waals surface area contributed by atoms with Crippen LogP contribution in [-0.4, -0.2) is 6.04 Å². The van der Waals surface area contributed by atoms with Crippen molar-refractivity contribution in [2.24, 2.45) is 11.3 Å². The molecule has 2 rings (SSSR count). The Morgan fingerprint density at radius 3 is 2.11 bits per heavy atom. The molecule has 0 bridgehead atoms. The molecule has 1 aromatic carbocycles. The largest absolute Gasteiger partial charge is 0.307 e. The molecule has 0 heterocycles. The van der Waals surface area contributed by atoms with Crippen LogP contribution in [0, 0.1) is 11.3 Å². The van der Waals surface area contributed by atoms with Crippen LogP contribution in [0.25, 0.3) is 0 Å². The van der Waals surface area contributed by atoms with Gasteiger partial charge in [0.05, 0.1) is 0 Å². The van der Waals surface area contributed by atoms with E-state index in [2.05, 4.69) is 63.3 Å². The van der Waals surface area contributed by atoms with Gasteiger partial charge in [-0.3, -0.25) is 0 Å². The number of benzene rings is 1. The minimum absolute atomic E-state index is 0.470. The molecule has 1 aromatic rings. The van der Waals surface area contributed by atoms with Gasteiger partial charge in [0.15, 0.2) is 0 Å². The zero-order valence-corrected chi connectivity index (χ0v) is 12.9. The zero-order chi connectivity index (χ0) is 13.9. The maximum absolute atomic E-state index is 3.81. The molecule has 1 atom stereocenters. The van der Waals surface area contributed by atoms with Crippen molar-refractivity contribution in [1.29, 1.82) is 0 Å². The molecule has 19 heavy (non-hydrogen) atoms. The highest BCUT2D eigenvalue weighted by Crippen LogP contribution is 2.38. The lowest BCUT2D eigenvalue weighted by Crippen LogP contribution is -2.37. The molecule has 1 unspecified atom stereocenters. The predicted molar refractivity (Wildman–Crippen MR) is 83.2 cm³/mol. The summed E-state index contributed by atoms with van der Waals surface area (Å²) in [4.78, 5) is 0. The van der Waals surface area contributed by atoms with E-state index in [9.17, 15) is 0 Å². The van der Waals surface area contributed by atoms with Crippen LogP contribution in [0.15, 0.2) is 30.3 Å². The van der Waals surface area contributed by atoms with Crippen LogP contribution in [0.4, 0.5) is 0 Å². The topological polar surface area (TPSA) is 12.0 Å². The second-order valence-electron chi connectivity index (χ2n) is 7.21. The Balaban J connectivity index is 1.83. The number of hydrogen-bond acceptors (Lipinski definition) is 1. The first-order valence-electron chi connectivity index (χ1n) is 7.78. The molecular formula is C18H29N. The average Bonchev–Trinajstić information content (AvgIpc) is 2.39. The SMILES string of the molecule is CC(NC1CCC(C(C)(C)C)CC1)c1ccccc1. The van der Waals surface area contributed by atoms with Crippen molar-refractivity contribution in [3.63, 3.8) is 0 Å². The summed E-state index contributed by atoms with van der Waals surface area (Å²) in [7, 11) is 0. The molecule has 1 nitrogen and oxygen atoms in total. The van der Waals surface area contributed by atoms with E-state index in [-0.39, 0.29) is 0 Å². The van der Waals surface area contributed by atoms with Crippen LogP contribution in [0.1, 0.15) is 65.0 Å². The average molecular weight is 259 g/mol. The summed E-state index contributed by atoms with van der Waals surface area (Å²) in [6.45, 7) is 9.44. The van der Waals surface area contributed by atoms with Gasteiger partial charge in [0.2, 0.25) is 0 Å². The monoisotopic (exact) mass is 259 g/mol. The zero-order valence-electron chi connectivity index (χ0n) is 12.9. The third kappa shape index (κ3) is 4.07. The fourth-order valence-electron chi connectivity index (χ4n) is 3.32. The van der Waals surface area contributed by atoms with Gasteiger partial charge in [-0.2, -0.15) is 0 Å². The van der Waals surface area contributed by atoms with Crippen LogP contribution in [0.2, 0.25) is 0 Å². The van der Waals surface area contributed by atoms with Crippen LogP contribution in [-0.2, 0) is 0 Å².